The second-order valence-electron chi connectivity index (χ2n) is 5.71. The van der Waals surface area contributed by atoms with Gasteiger partial charge in [0.25, 0.3) is 0 Å². The Labute approximate surface area is 103 Å². The van der Waals surface area contributed by atoms with E-state index in [9.17, 15) is 0 Å². The van der Waals surface area contributed by atoms with Gasteiger partial charge in [-0.2, -0.15) is 0 Å². The maximum absolute atomic E-state index is 2.35. The maximum Gasteiger partial charge on any atom is 0.0786 e. The summed E-state index contributed by atoms with van der Waals surface area (Å²) < 4.78 is 1.46. The second-order valence-corrected chi connectivity index (χ2v) is 5.71. The number of likely N-dealkylation sites (tertiary alicyclic amines) is 1. The number of piperidine rings is 1. The highest BCUT2D eigenvalue weighted by molar-refractivity contribution is 4.55. The van der Waals surface area contributed by atoms with Gasteiger partial charge in [0.05, 0.1) is 26.2 Å². The summed E-state index contributed by atoms with van der Waals surface area (Å²) in [5, 5.41) is 0. The molecule has 1 rings (SSSR count). The van der Waals surface area contributed by atoms with Crippen molar-refractivity contribution in [2.75, 3.05) is 26.2 Å². The van der Waals surface area contributed by atoms with Crippen LogP contribution in [0, 0.1) is 0 Å². The summed E-state index contributed by atoms with van der Waals surface area (Å²) in [5.74, 6) is 0. The van der Waals surface area contributed by atoms with Crippen LogP contribution in [0.2, 0.25) is 0 Å². The Balaban J connectivity index is 2.21. The van der Waals surface area contributed by atoms with E-state index in [-0.39, 0.29) is 0 Å². The van der Waals surface area contributed by atoms with Gasteiger partial charge in [-0.25, -0.2) is 0 Å². The molecule has 0 atom stereocenters. The molecule has 0 aromatic carbocycles. The average Bonchev–Trinajstić information content (AvgIpc) is 2.30. The molecule has 1 aliphatic heterocycles. The maximum atomic E-state index is 2.35. The minimum atomic E-state index is 1.37. The van der Waals surface area contributed by atoms with E-state index in [2.05, 4.69) is 13.8 Å². The van der Waals surface area contributed by atoms with Crippen LogP contribution in [0.25, 0.3) is 0 Å². The Bertz CT molecular complexity index is 153. The van der Waals surface area contributed by atoms with Crippen LogP contribution in [-0.2, 0) is 0 Å². The number of hydrogen-bond donors (Lipinski definition) is 0. The molecule has 0 saturated carbocycles. The average molecular weight is 226 g/mol. The van der Waals surface area contributed by atoms with Gasteiger partial charge < -0.3 is 4.48 Å². The van der Waals surface area contributed by atoms with Crippen molar-refractivity contribution >= 4 is 0 Å². The van der Waals surface area contributed by atoms with Gasteiger partial charge in [-0.1, -0.05) is 33.1 Å². The molecule has 0 aromatic heterocycles. The van der Waals surface area contributed by atoms with Gasteiger partial charge >= 0.3 is 0 Å². The summed E-state index contributed by atoms with van der Waals surface area (Å²) in [5.41, 5.74) is 0. The Hall–Kier alpha value is -0.0400. The third kappa shape index (κ3) is 4.86. The number of quaternary nitrogens is 1. The van der Waals surface area contributed by atoms with E-state index in [0.29, 0.717) is 0 Å². The van der Waals surface area contributed by atoms with Crippen molar-refractivity contribution in [3.05, 3.63) is 0 Å². The topological polar surface area (TPSA) is 0 Å². The molecule has 0 amide bonds. The molecule has 0 N–H and O–H groups in total. The Morgan fingerprint density at radius 1 is 0.688 bits per heavy atom. The van der Waals surface area contributed by atoms with Crippen molar-refractivity contribution in [1.82, 2.24) is 0 Å². The van der Waals surface area contributed by atoms with E-state index in [1.165, 1.54) is 88.4 Å². The Morgan fingerprint density at radius 3 is 2.00 bits per heavy atom. The van der Waals surface area contributed by atoms with Crippen LogP contribution >= 0.6 is 0 Å². The van der Waals surface area contributed by atoms with Crippen molar-refractivity contribution in [2.24, 2.45) is 0 Å². The molecule has 1 aliphatic rings. The lowest BCUT2D eigenvalue weighted by atomic mass is 10.0. The van der Waals surface area contributed by atoms with Gasteiger partial charge in [0, 0.05) is 0 Å². The van der Waals surface area contributed by atoms with Crippen molar-refractivity contribution in [3.8, 4) is 0 Å². The zero-order chi connectivity index (χ0) is 11.7. The van der Waals surface area contributed by atoms with E-state index >= 15 is 0 Å². The monoisotopic (exact) mass is 226 g/mol. The predicted molar refractivity (Wildman–Crippen MR) is 72.6 cm³/mol. The van der Waals surface area contributed by atoms with E-state index in [4.69, 9.17) is 0 Å². The fourth-order valence-electron chi connectivity index (χ4n) is 3.27. The summed E-state index contributed by atoms with van der Waals surface area (Å²) >= 11 is 0. The predicted octanol–water partition coefficient (Wildman–Crippen LogP) is 4.37. The van der Waals surface area contributed by atoms with Crippen LogP contribution in [-0.4, -0.2) is 30.7 Å². The van der Waals surface area contributed by atoms with Crippen LogP contribution in [0.15, 0.2) is 0 Å². The number of rotatable bonds is 8. The van der Waals surface area contributed by atoms with Gasteiger partial charge in [0.2, 0.25) is 0 Å². The molecule has 1 heterocycles. The number of nitrogens with zero attached hydrogens (tertiary/aromatic N) is 1. The first-order chi connectivity index (χ1) is 7.83. The van der Waals surface area contributed by atoms with Crippen LogP contribution in [0.3, 0.4) is 0 Å². The minimum Gasteiger partial charge on any atom is -0.324 e. The normalized spacial score (nSPS) is 19.9. The standard InChI is InChI=1S/C15H32N/c1-3-5-6-7-9-13-16(12-4-2)14-10-8-11-15-16/h3-15H2,1-2H3/q+1. The molecular weight excluding hydrogens is 194 g/mol. The van der Waals surface area contributed by atoms with Gasteiger partial charge in [0.15, 0.2) is 0 Å². The first kappa shape index (κ1) is 14.0. The molecule has 1 nitrogen and oxygen atoms in total. The molecule has 1 fully saturated rings. The largest absolute Gasteiger partial charge is 0.324 e. The summed E-state index contributed by atoms with van der Waals surface area (Å²) in [4.78, 5) is 0. The van der Waals surface area contributed by atoms with Crippen LogP contribution < -0.4 is 0 Å². The second kappa shape index (κ2) is 8.11. The number of hydrogen-bond acceptors (Lipinski definition) is 0. The molecule has 96 valence electrons. The van der Waals surface area contributed by atoms with Crippen molar-refractivity contribution < 1.29 is 4.48 Å². The molecule has 0 aromatic rings. The Kier molecular flexibility index (Phi) is 7.11. The van der Waals surface area contributed by atoms with Crippen molar-refractivity contribution in [1.29, 1.82) is 0 Å². The van der Waals surface area contributed by atoms with E-state index in [1.54, 1.807) is 0 Å². The van der Waals surface area contributed by atoms with Crippen molar-refractivity contribution in [2.45, 2.75) is 71.6 Å². The highest BCUT2D eigenvalue weighted by Gasteiger charge is 2.27. The number of unbranched alkanes of at least 4 members (excludes halogenated alkanes) is 4. The molecule has 16 heavy (non-hydrogen) atoms. The third-order valence-electron chi connectivity index (χ3n) is 4.20. The molecule has 0 radical (unpaired) electrons. The highest BCUT2D eigenvalue weighted by atomic mass is 15.3. The zero-order valence-corrected chi connectivity index (χ0v) is 11.6. The molecule has 1 saturated heterocycles. The fraction of sp³-hybridized carbons (Fsp3) is 1.00. The summed E-state index contributed by atoms with van der Waals surface area (Å²) in [6.07, 6.45) is 13.0. The molecular formula is C15H32N+. The van der Waals surface area contributed by atoms with E-state index < -0.39 is 0 Å². The summed E-state index contributed by atoms with van der Waals surface area (Å²) in [7, 11) is 0. The molecule has 0 bridgehead atoms. The smallest absolute Gasteiger partial charge is 0.0786 e. The lowest BCUT2D eigenvalue weighted by molar-refractivity contribution is -0.932. The van der Waals surface area contributed by atoms with Gasteiger partial charge in [-0.15, -0.1) is 0 Å². The van der Waals surface area contributed by atoms with Crippen LogP contribution in [0.5, 0.6) is 0 Å². The van der Waals surface area contributed by atoms with Gasteiger partial charge in [-0.05, 0) is 38.5 Å². The quantitative estimate of drug-likeness (QED) is 0.426. The molecule has 0 spiro atoms. The lowest BCUT2D eigenvalue weighted by Gasteiger charge is -2.41. The first-order valence-electron chi connectivity index (χ1n) is 7.68. The molecule has 1 heteroatoms. The fourth-order valence-corrected chi connectivity index (χ4v) is 3.27. The van der Waals surface area contributed by atoms with Gasteiger partial charge in [-0.3, -0.25) is 0 Å². The summed E-state index contributed by atoms with van der Waals surface area (Å²) in [6, 6.07) is 0. The zero-order valence-electron chi connectivity index (χ0n) is 11.6. The SMILES string of the molecule is CCCCCCC[N+]1(CCC)CCCCC1. The van der Waals surface area contributed by atoms with E-state index in [0.717, 1.165) is 0 Å². The van der Waals surface area contributed by atoms with Gasteiger partial charge in [0.1, 0.15) is 0 Å². The first-order valence-corrected chi connectivity index (χ1v) is 7.68. The molecule has 0 aliphatic carbocycles. The van der Waals surface area contributed by atoms with Crippen LogP contribution in [0.1, 0.15) is 71.6 Å². The van der Waals surface area contributed by atoms with E-state index in [1.807, 2.05) is 0 Å². The van der Waals surface area contributed by atoms with Crippen LogP contribution in [0.4, 0.5) is 0 Å². The lowest BCUT2D eigenvalue weighted by Crippen LogP contribution is -2.52. The third-order valence-corrected chi connectivity index (χ3v) is 4.20. The molecule has 0 unspecified atom stereocenters. The highest BCUT2D eigenvalue weighted by Crippen LogP contribution is 2.21. The minimum absolute atomic E-state index is 1.37. The summed E-state index contributed by atoms with van der Waals surface area (Å²) in [6.45, 7) is 10.5. The van der Waals surface area contributed by atoms with Crippen molar-refractivity contribution in [3.63, 3.8) is 0 Å². The Morgan fingerprint density at radius 2 is 1.38 bits per heavy atom.